The highest BCUT2D eigenvalue weighted by atomic mass is 16.5. The number of phenols is 1. The van der Waals surface area contributed by atoms with Gasteiger partial charge in [-0.3, -0.25) is 14.5 Å². The molecule has 1 aliphatic rings. The molecular weight excluding hydrogens is 438 g/mol. The molecule has 1 amide bonds. The Balaban J connectivity index is 2.03. The molecule has 0 spiro atoms. The molecule has 0 saturated carbocycles. The molecule has 0 fully saturated rings. The van der Waals surface area contributed by atoms with Gasteiger partial charge in [-0.1, -0.05) is 25.5 Å². The average molecular weight is 468 g/mol. The molecule has 0 bridgehead atoms. The van der Waals surface area contributed by atoms with E-state index in [1.165, 1.54) is 14.2 Å². The molecule has 9 nitrogen and oxygen atoms in total. The largest absolute Gasteiger partial charge is 0.502 e. The quantitative estimate of drug-likeness (QED) is 0.398. The third-order valence-electron chi connectivity index (χ3n) is 6.06. The van der Waals surface area contributed by atoms with Crippen LogP contribution in [0.25, 0.3) is 11.0 Å². The Bertz CT molecular complexity index is 1200. The topological polar surface area (TPSA) is 103 Å². The second-order valence-electron chi connectivity index (χ2n) is 8.06. The smallest absolute Gasteiger partial charge is 0.321 e. The summed E-state index contributed by atoms with van der Waals surface area (Å²) in [6, 6.07) is 9.99. The van der Waals surface area contributed by atoms with Gasteiger partial charge in [0.05, 0.1) is 37.9 Å². The Hall–Kier alpha value is -3.75. The fourth-order valence-corrected chi connectivity index (χ4v) is 4.46. The number of amides is 1. The number of para-hydroxylation sites is 2. The van der Waals surface area contributed by atoms with Crippen LogP contribution in [0.15, 0.2) is 36.4 Å². The minimum absolute atomic E-state index is 0.143. The van der Waals surface area contributed by atoms with Gasteiger partial charge in [-0.05, 0) is 43.2 Å². The molecule has 2 aromatic carbocycles. The number of aromatic nitrogens is 2. The maximum absolute atomic E-state index is 13.8. The van der Waals surface area contributed by atoms with Gasteiger partial charge in [-0.2, -0.15) is 0 Å². The zero-order valence-corrected chi connectivity index (χ0v) is 19.8. The first-order valence-electron chi connectivity index (χ1n) is 11.4. The number of fused-ring (bicyclic) bond motifs is 3. The first-order chi connectivity index (χ1) is 16.5. The van der Waals surface area contributed by atoms with E-state index in [1.807, 2.05) is 35.8 Å². The number of imidazole rings is 1. The molecule has 1 aliphatic heterocycles. The third kappa shape index (κ3) is 3.81. The number of esters is 1. The van der Waals surface area contributed by atoms with Gasteiger partial charge in [0.2, 0.25) is 17.6 Å². The summed E-state index contributed by atoms with van der Waals surface area (Å²) in [6.45, 7) is 4.32. The van der Waals surface area contributed by atoms with Crippen molar-refractivity contribution in [1.29, 1.82) is 0 Å². The van der Waals surface area contributed by atoms with Crippen molar-refractivity contribution in [3.05, 3.63) is 42.0 Å². The summed E-state index contributed by atoms with van der Waals surface area (Å²) in [6.07, 6.45) is 1.64. The summed E-state index contributed by atoms with van der Waals surface area (Å²) in [4.78, 5) is 33.4. The van der Waals surface area contributed by atoms with Gasteiger partial charge in [0.25, 0.3) is 0 Å². The summed E-state index contributed by atoms with van der Waals surface area (Å²) in [7, 11) is 2.86. The van der Waals surface area contributed by atoms with Gasteiger partial charge in [-0.15, -0.1) is 0 Å². The van der Waals surface area contributed by atoms with Crippen LogP contribution in [0.4, 0.5) is 5.95 Å². The summed E-state index contributed by atoms with van der Waals surface area (Å²) in [5, 5.41) is 10.5. The number of unbranched alkanes of at least 4 members (excludes halogenated alkanes) is 1. The molecule has 3 aromatic rings. The van der Waals surface area contributed by atoms with Crippen LogP contribution < -0.4 is 14.4 Å². The first kappa shape index (κ1) is 23.4. The average Bonchev–Trinajstić information content (AvgIpc) is 3.22. The number of phenolic OH excluding ortho intramolecular Hbond substituents is 1. The summed E-state index contributed by atoms with van der Waals surface area (Å²) >= 11 is 0. The number of hydrogen-bond donors (Lipinski definition) is 1. The molecule has 4 rings (SSSR count). The fraction of sp³-hybridized carbons (Fsp3) is 0.400. The van der Waals surface area contributed by atoms with E-state index >= 15 is 0 Å². The number of anilines is 1. The lowest BCUT2D eigenvalue weighted by Crippen LogP contribution is -2.50. The zero-order chi connectivity index (χ0) is 24.4. The Morgan fingerprint density at radius 2 is 1.79 bits per heavy atom. The SMILES string of the molecule is CCCCN1C(=O)[C@@H](C(=O)OCC)[C@@H](c2cc(OC)c(O)c(OC)c2)n2c1nc1ccccc12. The van der Waals surface area contributed by atoms with E-state index in [0.29, 0.717) is 23.6 Å². The molecule has 1 aromatic heterocycles. The van der Waals surface area contributed by atoms with Gasteiger partial charge in [-0.25, -0.2) is 4.98 Å². The van der Waals surface area contributed by atoms with Crippen molar-refractivity contribution in [1.82, 2.24) is 9.55 Å². The standard InChI is InChI=1S/C25H29N3O6/c1-5-7-12-27-23(30)20(24(31)34-6-2)21(15-13-18(32-3)22(29)19(14-15)33-4)28-17-11-9-8-10-16(17)26-25(27)28/h8-11,13-14,20-21,29H,5-7,12H2,1-4H3/t20-,21+/m0/s1. The number of hydrogen-bond acceptors (Lipinski definition) is 7. The highest BCUT2D eigenvalue weighted by molar-refractivity contribution is 6.08. The van der Waals surface area contributed by atoms with Gasteiger partial charge >= 0.3 is 5.97 Å². The predicted molar refractivity (Wildman–Crippen MR) is 126 cm³/mol. The minimum Gasteiger partial charge on any atom is -0.502 e. The van der Waals surface area contributed by atoms with Gasteiger partial charge in [0.1, 0.15) is 0 Å². The molecular formula is C25H29N3O6. The van der Waals surface area contributed by atoms with Crippen molar-refractivity contribution in [2.75, 3.05) is 32.3 Å². The van der Waals surface area contributed by atoms with Crippen molar-refractivity contribution in [2.45, 2.75) is 32.7 Å². The van der Waals surface area contributed by atoms with Crippen molar-refractivity contribution in [3.63, 3.8) is 0 Å². The number of aromatic hydroxyl groups is 1. The second-order valence-corrected chi connectivity index (χ2v) is 8.06. The lowest BCUT2D eigenvalue weighted by molar-refractivity contribution is -0.153. The van der Waals surface area contributed by atoms with Gasteiger partial charge < -0.3 is 23.9 Å². The van der Waals surface area contributed by atoms with Crippen molar-refractivity contribution in [2.24, 2.45) is 5.92 Å². The number of carbonyl (C=O) groups excluding carboxylic acids is 2. The van der Waals surface area contributed by atoms with E-state index in [4.69, 9.17) is 19.2 Å². The lowest BCUT2D eigenvalue weighted by atomic mass is 9.89. The number of nitrogens with zero attached hydrogens (tertiary/aromatic N) is 3. The lowest BCUT2D eigenvalue weighted by Gasteiger charge is -2.38. The molecule has 0 aliphatic carbocycles. The number of rotatable bonds is 8. The van der Waals surface area contributed by atoms with Crippen LogP contribution in [-0.2, 0) is 14.3 Å². The number of methoxy groups -OCH3 is 2. The third-order valence-corrected chi connectivity index (χ3v) is 6.06. The Morgan fingerprint density at radius 3 is 2.41 bits per heavy atom. The van der Waals surface area contributed by atoms with Crippen LogP contribution in [0.5, 0.6) is 17.2 Å². The molecule has 0 radical (unpaired) electrons. The molecule has 2 heterocycles. The molecule has 180 valence electrons. The molecule has 1 N–H and O–H groups in total. The van der Waals surface area contributed by atoms with Crippen molar-refractivity contribution >= 4 is 28.9 Å². The van der Waals surface area contributed by atoms with E-state index in [0.717, 1.165) is 18.4 Å². The highest BCUT2D eigenvalue weighted by Crippen LogP contribution is 2.46. The number of benzene rings is 2. The van der Waals surface area contributed by atoms with Crippen molar-refractivity contribution in [3.8, 4) is 17.2 Å². The normalized spacial score (nSPS) is 17.5. The number of carbonyl (C=O) groups is 2. The zero-order valence-electron chi connectivity index (χ0n) is 19.8. The van der Waals surface area contributed by atoms with E-state index in [2.05, 4.69) is 0 Å². The predicted octanol–water partition coefficient (Wildman–Crippen LogP) is 3.67. The van der Waals surface area contributed by atoms with Crippen LogP contribution in [0.1, 0.15) is 38.3 Å². The first-order valence-corrected chi connectivity index (χ1v) is 11.4. The maximum atomic E-state index is 13.8. The molecule has 2 atom stereocenters. The number of ether oxygens (including phenoxy) is 3. The van der Waals surface area contributed by atoms with E-state index in [-0.39, 0.29) is 29.8 Å². The van der Waals surface area contributed by atoms with E-state index < -0.39 is 17.9 Å². The molecule has 0 unspecified atom stereocenters. The summed E-state index contributed by atoms with van der Waals surface area (Å²) < 4.78 is 18.0. The molecule has 9 heteroatoms. The van der Waals surface area contributed by atoms with Crippen LogP contribution in [0, 0.1) is 5.92 Å². The van der Waals surface area contributed by atoms with E-state index in [1.54, 1.807) is 24.0 Å². The summed E-state index contributed by atoms with van der Waals surface area (Å²) in [5.41, 5.74) is 2.04. The molecule has 34 heavy (non-hydrogen) atoms. The summed E-state index contributed by atoms with van der Waals surface area (Å²) in [5.74, 6) is -1.49. The second kappa shape index (κ2) is 9.62. The Labute approximate surface area is 197 Å². The Morgan fingerprint density at radius 1 is 1.12 bits per heavy atom. The van der Waals surface area contributed by atoms with Crippen LogP contribution >= 0.6 is 0 Å². The van der Waals surface area contributed by atoms with Crippen LogP contribution in [0.3, 0.4) is 0 Å². The van der Waals surface area contributed by atoms with Gasteiger partial charge in [0, 0.05) is 6.54 Å². The highest BCUT2D eigenvalue weighted by Gasteiger charge is 2.48. The van der Waals surface area contributed by atoms with Crippen LogP contribution in [-0.4, -0.2) is 53.9 Å². The Kier molecular flexibility index (Phi) is 6.63. The fourth-order valence-electron chi connectivity index (χ4n) is 4.46. The van der Waals surface area contributed by atoms with E-state index in [9.17, 15) is 14.7 Å². The van der Waals surface area contributed by atoms with Gasteiger partial charge in [0.15, 0.2) is 17.4 Å². The van der Waals surface area contributed by atoms with Crippen LogP contribution in [0.2, 0.25) is 0 Å². The minimum atomic E-state index is -1.15. The maximum Gasteiger partial charge on any atom is 0.321 e. The van der Waals surface area contributed by atoms with Crippen molar-refractivity contribution < 1.29 is 28.9 Å². The molecule has 0 saturated heterocycles. The monoisotopic (exact) mass is 467 g/mol.